The van der Waals surface area contributed by atoms with Gasteiger partial charge in [-0.1, -0.05) is 20.3 Å². The number of hydrogen-bond donors (Lipinski definition) is 1. The van der Waals surface area contributed by atoms with Crippen LogP contribution in [-0.2, 0) is 27.7 Å². The van der Waals surface area contributed by atoms with Crippen molar-refractivity contribution >= 4 is 0 Å². The first kappa shape index (κ1) is 31.6. The first-order valence-corrected chi connectivity index (χ1v) is 12.3. The molecule has 3 aromatic carbocycles. The van der Waals surface area contributed by atoms with Gasteiger partial charge in [-0.3, -0.25) is 0 Å². The second-order valence-corrected chi connectivity index (χ2v) is 10.1. The van der Waals surface area contributed by atoms with Crippen molar-refractivity contribution in [2.45, 2.75) is 44.9 Å². The van der Waals surface area contributed by atoms with Crippen molar-refractivity contribution in [1.29, 1.82) is 0 Å². The standard InChI is InChI=1S/C28H22F10O4/c1-3-6-25(2)12-40-28(39,41-13-25)15-9-21(32)24(22(33)10-15)27(37,38)42-16-4-5-17(18(29)11-16)14-7-19(30)23(20(31)8-14)26(34,35)36/h4-5,7-11,39H,3,6,12-13H2,1-2H3. The zero-order valence-corrected chi connectivity index (χ0v) is 21.8. The lowest BCUT2D eigenvalue weighted by molar-refractivity contribution is -0.415. The number of benzene rings is 3. The number of hydrogen-bond acceptors (Lipinski definition) is 4. The molecule has 4 rings (SSSR count). The zero-order valence-electron chi connectivity index (χ0n) is 21.8. The molecule has 42 heavy (non-hydrogen) atoms. The third kappa shape index (κ3) is 6.20. The van der Waals surface area contributed by atoms with Crippen LogP contribution >= 0.6 is 0 Å². The van der Waals surface area contributed by atoms with Gasteiger partial charge in [0, 0.05) is 22.6 Å². The molecule has 228 valence electrons. The smallest absolute Gasteiger partial charge is 0.429 e. The van der Waals surface area contributed by atoms with Gasteiger partial charge in [0.05, 0.1) is 13.2 Å². The minimum atomic E-state index is -5.37. The molecule has 0 amide bonds. The Labute approximate surface area is 232 Å². The molecular weight excluding hydrogens is 590 g/mol. The summed E-state index contributed by atoms with van der Waals surface area (Å²) in [7, 11) is 0. The van der Waals surface area contributed by atoms with E-state index in [9.17, 15) is 49.0 Å². The fourth-order valence-corrected chi connectivity index (χ4v) is 4.57. The van der Waals surface area contributed by atoms with Crippen molar-refractivity contribution in [3.8, 4) is 16.9 Å². The number of ether oxygens (including phenoxy) is 3. The summed E-state index contributed by atoms with van der Waals surface area (Å²) in [6, 6.07) is 2.69. The topological polar surface area (TPSA) is 47.9 Å². The summed E-state index contributed by atoms with van der Waals surface area (Å²) in [6.07, 6.45) is -8.73. The van der Waals surface area contributed by atoms with E-state index in [4.69, 9.17) is 9.47 Å². The molecule has 4 nitrogen and oxygen atoms in total. The first-order valence-electron chi connectivity index (χ1n) is 12.3. The van der Waals surface area contributed by atoms with Gasteiger partial charge in [-0.2, -0.15) is 22.0 Å². The molecule has 1 N–H and O–H groups in total. The summed E-state index contributed by atoms with van der Waals surface area (Å²) < 4.78 is 155. The lowest BCUT2D eigenvalue weighted by Gasteiger charge is -2.41. The van der Waals surface area contributed by atoms with Crippen molar-refractivity contribution < 1.29 is 63.2 Å². The minimum absolute atomic E-state index is 0.0606. The molecule has 0 atom stereocenters. The van der Waals surface area contributed by atoms with Crippen LogP contribution in [0.3, 0.4) is 0 Å². The van der Waals surface area contributed by atoms with Gasteiger partial charge in [0.25, 0.3) is 0 Å². The van der Waals surface area contributed by atoms with E-state index in [1.54, 1.807) is 6.92 Å². The summed E-state index contributed by atoms with van der Waals surface area (Å²) in [4.78, 5) is 0. The van der Waals surface area contributed by atoms with Crippen LogP contribution in [0.25, 0.3) is 11.1 Å². The van der Waals surface area contributed by atoms with E-state index < -0.39 is 86.3 Å². The van der Waals surface area contributed by atoms with Crippen molar-refractivity contribution in [2.75, 3.05) is 13.2 Å². The Kier molecular flexibility index (Phi) is 8.30. The lowest BCUT2D eigenvalue weighted by atomic mass is 9.86. The van der Waals surface area contributed by atoms with Crippen molar-refractivity contribution in [2.24, 2.45) is 5.41 Å². The molecule has 1 aliphatic rings. The summed E-state index contributed by atoms with van der Waals surface area (Å²) >= 11 is 0. The van der Waals surface area contributed by atoms with Crippen LogP contribution in [0.1, 0.15) is 43.4 Å². The Morgan fingerprint density at radius 3 is 1.79 bits per heavy atom. The molecule has 0 saturated carbocycles. The summed E-state index contributed by atoms with van der Waals surface area (Å²) in [5.74, 6) is -12.9. The molecular formula is C28H22F10O4. The minimum Gasteiger partial charge on any atom is -0.429 e. The zero-order chi connectivity index (χ0) is 31.3. The van der Waals surface area contributed by atoms with Crippen molar-refractivity contribution in [1.82, 2.24) is 0 Å². The van der Waals surface area contributed by atoms with E-state index in [1.165, 1.54) is 0 Å². The predicted molar refractivity (Wildman–Crippen MR) is 126 cm³/mol. The van der Waals surface area contributed by atoms with Gasteiger partial charge in [0.2, 0.25) is 0 Å². The Morgan fingerprint density at radius 2 is 1.31 bits per heavy atom. The van der Waals surface area contributed by atoms with Gasteiger partial charge in [-0.15, -0.1) is 0 Å². The van der Waals surface area contributed by atoms with Crippen molar-refractivity contribution in [3.05, 3.63) is 88.2 Å². The maximum absolute atomic E-state index is 14.9. The Bertz CT molecular complexity index is 1430. The third-order valence-electron chi connectivity index (χ3n) is 6.61. The van der Waals surface area contributed by atoms with E-state index in [1.807, 2.05) is 6.92 Å². The van der Waals surface area contributed by atoms with Crippen molar-refractivity contribution in [3.63, 3.8) is 0 Å². The van der Waals surface area contributed by atoms with Crippen LogP contribution in [0, 0.1) is 34.5 Å². The van der Waals surface area contributed by atoms with Crippen LogP contribution in [0.15, 0.2) is 42.5 Å². The number of halogens is 10. The third-order valence-corrected chi connectivity index (χ3v) is 6.61. The van der Waals surface area contributed by atoms with E-state index >= 15 is 0 Å². The number of rotatable bonds is 7. The second-order valence-electron chi connectivity index (χ2n) is 10.1. The monoisotopic (exact) mass is 612 g/mol. The second kappa shape index (κ2) is 11.0. The molecule has 0 aliphatic carbocycles. The van der Waals surface area contributed by atoms with E-state index in [2.05, 4.69) is 4.74 Å². The molecule has 0 spiro atoms. The average Bonchev–Trinajstić information content (AvgIpc) is 2.84. The van der Waals surface area contributed by atoms with Gasteiger partial charge in [0.15, 0.2) is 0 Å². The maximum Gasteiger partial charge on any atom is 0.432 e. The van der Waals surface area contributed by atoms with Gasteiger partial charge in [-0.25, -0.2) is 22.0 Å². The fraction of sp³-hybridized carbons (Fsp3) is 0.357. The Morgan fingerprint density at radius 1 is 0.786 bits per heavy atom. The van der Waals surface area contributed by atoms with E-state index in [0.29, 0.717) is 30.7 Å². The van der Waals surface area contributed by atoms with Gasteiger partial charge < -0.3 is 19.3 Å². The molecule has 1 saturated heterocycles. The molecule has 0 unspecified atom stereocenters. The highest BCUT2D eigenvalue weighted by atomic mass is 19.4. The Hall–Kier alpha value is -3.36. The largest absolute Gasteiger partial charge is 0.432 e. The lowest BCUT2D eigenvalue weighted by Crippen LogP contribution is -2.46. The van der Waals surface area contributed by atoms with Gasteiger partial charge in [0.1, 0.15) is 46.0 Å². The van der Waals surface area contributed by atoms with Crippen LogP contribution in [0.2, 0.25) is 0 Å². The summed E-state index contributed by atoms with van der Waals surface area (Å²) in [5, 5.41) is 10.6. The molecule has 1 aliphatic heterocycles. The fourth-order valence-electron chi connectivity index (χ4n) is 4.57. The molecule has 0 radical (unpaired) electrons. The van der Waals surface area contributed by atoms with Gasteiger partial charge >= 0.3 is 18.3 Å². The molecule has 0 aromatic heterocycles. The first-order chi connectivity index (χ1) is 19.4. The highest BCUT2D eigenvalue weighted by molar-refractivity contribution is 5.66. The molecule has 1 fully saturated rings. The number of aliphatic hydroxyl groups is 1. The van der Waals surface area contributed by atoms with Crippen LogP contribution in [0.5, 0.6) is 5.75 Å². The highest BCUT2D eigenvalue weighted by Gasteiger charge is 2.46. The Balaban J connectivity index is 1.58. The highest BCUT2D eigenvalue weighted by Crippen LogP contribution is 2.42. The van der Waals surface area contributed by atoms with Crippen LogP contribution < -0.4 is 4.74 Å². The quantitative estimate of drug-likeness (QED) is 0.274. The molecule has 3 aromatic rings. The number of alkyl halides is 5. The normalized spacial score (nSPS) is 21.5. The molecule has 1 heterocycles. The van der Waals surface area contributed by atoms with Crippen LogP contribution in [0.4, 0.5) is 43.9 Å². The summed E-state index contributed by atoms with van der Waals surface area (Å²) in [6.45, 7) is 3.58. The van der Waals surface area contributed by atoms with E-state index in [-0.39, 0.29) is 31.4 Å². The molecule has 14 heteroatoms. The SMILES string of the molecule is CCCC1(C)COC(O)(c2cc(F)c(C(F)(F)Oc3ccc(-c4cc(F)c(C(F)(F)F)c(F)c4)c(F)c3)c(F)c2)OC1. The van der Waals surface area contributed by atoms with Gasteiger partial charge in [-0.05, 0) is 48.4 Å². The predicted octanol–water partition coefficient (Wildman–Crippen LogP) is 8.15. The summed E-state index contributed by atoms with van der Waals surface area (Å²) in [5.41, 5.74) is -6.64. The average molecular weight is 612 g/mol. The molecule has 0 bridgehead atoms. The van der Waals surface area contributed by atoms with E-state index in [0.717, 1.165) is 6.42 Å². The maximum atomic E-state index is 14.9. The van der Waals surface area contributed by atoms with Crippen LogP contribution in [-0.4, -0.2) is 18.3 Å².